The van der Waals surface area contributed by atoms with Crippen LogP contribution in [-0.2, 0) is 9.53 Å². The van der Waals surface area contributed by atoms with E-state index in [0.717, 1.165) is 17.7 Å². The van der Waals surface area contributed by atoms with Crippen molar-refractivity contribution < 1.29 is 9.53 Å². The number of carbonyl (C=O) groups is 1. The van der Waals surface area contributed by atoms with Crippen molar-refractivity contribution >= 4 is 17.7 Å². The number of carbonyl (C=O) groups excluding carboxylic acids is 1. The summed E-state index contributed by atoms with van der Waals surface area (Å²) in [7, 11) is 0. The molecule has 1 aromatic carbocycles. The van der Waals surface area contributed by atoms with Crippen LogP contribution in [0.2, 0.25) is 0 Å². The fraction of sp³-hybridized carbons (Fsp3) is 0.500. The van der Waals surface area contributed by atoms with Gasteiger partial charge in [0.1, 0.15) is 0 Å². The maximum Gasteiger partial charge on any atom is 0.247 e. The minimum Gasteiger partial charge on any atom is -0.377 e. The fourth-order valence-electron chi connectivity index (χ4n) is 2.27. The third kappa shape index (κ3) is 4.89. The second-order valence-corrected chi connectivity index (χ2v) is 6.78. The zero-order valence-corrected chi connectivity index (χ0v) is 14.5. The highest BCUT2D eigenvalue weighted by molar-refractivity contribution is 7.99. The van der Waals surface area contributed by atoms with Gasteiger partial charge in [0.2, 0.25) is 5.91 Å². The van der Waals surface area contributed by atoms with E-state index in [2.05, 4.69) is 44.3 Å². The Kier molecular flexibility index (Phi) is 6.52. The van der Waals surface area contributed by atoms with E-state index in [1.807, 2.05) is 6.08 Å². The minimum atomic E-state index is 0.0656. The van der Waals surface area contributed by atoms with Crippen LogP contribution >= 0.6 is 11.8 Å². The normalized spacial score (nSPS) is 16.0. The van der Waals surface area contributed by atoms with E-state index in [1.54, 1.807) is 11.8 Å². The van der Waals surface area contributed by atoms with E-state index < -0.39 is 0 Å². The third-order valence-electron chi connectivity index (χ3n) is 4.01. The summed E-state index contributed by atoms with van der Waals surface area (Å²) in [5, 5.41) is 3.15. The second kappa shape index (κ2) is 8.39. The van der Waals surface area contributed by atoms with Gasteiger partial charge in [-0.1, -0.05) is 19.1 Å². The molecule has 1 atom stereocenters. The molecule has 1 N–H and O–H groups in total. The van der Waals surface area contributed by atoms with Gasteiger partial charge in [-0.05, 0) is 43.5 Å². The summed E-state index contributed by atoms with van der Waals surface area (Å²) in [6, 6.07) is 6.73. The Balaban J connectivity index is 1.87. The van der Waals surface area contributed by atoms with Crippen molar-refractivity contribution in [3.8, 4) is 0 Å². The average Bonchev–Trinajstić information content (AvgIpc) is 2.55. The van der Waals surface area contributed by atoms with Crippen LogP contribution in [0.4, 0.5) is 0 Å². The van der Waals surface area contributed by atoms with Crippen LogP contribution in [-0.4, -0.2) is 30.9 Å². The molecule has 0 saturated carbocycles. The number of nitrogens with one attached hydrogen (secondary N) is 1. The molecule has 0 bridgehead atoms. The first-order valence-corrected chi connectivity index (χ1v) is 8.86. The zero-order chi connectivity index (χ0) is 15.9. The molecule has 0 aliphatic carbocycles. The van der Waals surface area contributed by atoms with E-state index >= 15 is 0 Å². The Hall–Kier alpha value is -1.26. The van der Waals surface area contributed by atoms with Crippen LogP contribution in [0.25, 0.3) is 0 Å². The lowest BCUT2D eigenvalue weighted by Crippen LogP contribution is -2.37. The minimum absolute atomic E-state index is 0.0656. The molecule has 0 fully saturated rings. The molecule has 2 rings (SSSR count). The lowest BCUT2D eigenvalue weighted by Gasteiger charge is -2.19. The summed E-state index contributed by atoms with van der Waals surface area (Å²) in [5.41, 5.74) is 3.49. The molecule has 1 amide bonds. The van der Waals surface area contributed by atoms with Gasteiger partial charge in [-0.25, -0.2) is 0 Å². The van der Waals surface area contributed by atoms with Gasteiger partial charge in [-0.15, -0.1) is 11.8 Å². The van der Waals surface area contributed by atoms with Gasteiger partial charge in [0.25, 0.3) is 0 Å². The Morgan fingerprint density at radius 3 is 2.82 bits per heavy atom. The Morgan fingerprint density at radius 2 is 2.18 bits per heavy atom. The molecule has 0 aromatic heterocycles. The van der Waals surface area contributed by atoms with E-state index in [-0.39, 0.29) is 11.9 Å². The topological polar surface area (TPSA) is 38.3 Å². The summed E-state index contributed by atoms with van der Waals surface area (Å²) in [4.78, 5) is 13.5. The second-order valence-electron chi connectivity index (χ2n) is 5.69. The summed E-state index contributed by atoms with van der Waals surface area (Å²) in [6.45, 7) is 7.57. The Bertz CT molecular complexity index is 554. The van der Waals surface area contributed by atoms with Crippen LogP contribution in [0, 0.1) is 13.8 Å². The SMILES string of the molecule is CC[C@H](CSc1ccc(C)c(C)c1)NC(=O)C1=CCOCC1. The van der Waals surface area contributed by atoms with Crippen LogP contribution in [0.3, 0.4) is 0 Å². The standard InChI is InChI=1S/C18H25NO2S/c1-4-16(19-18(20)15-7-9-21-10-8-15)12-22-17-6-5-13(2)14(3)11-17/h5-7,11,16H,4,8-10,12H2,1-3H3,(H,19,20)/t16-/m1/s1. The Labute approximate surface area is 137 Å². The molecule has 1 aliphatic heterocycles. The highest BCUT2D eigenvalue weighted by Gasteiger charge is 2.16. The zero-order valence-electron chi connectivity index (χ0n) is 13.6. The maximum absolute atomic E-state index is 12.2. The predicted molar refractivity (Wildman–Crippen MR) is 92.4 cm³/mol. The highest BCUT2D eigenvalue weighted by Crippen LogP contribution is 2.22. The van der Waals surface area contributed by atoms with Gasteiger partial charge in [0.05, 0.1) is 13.2 Å². The van der Waals surface area contributed by atoms with E-state index in [4.69, 9.17) is 4.74 Å². The molecule has 0 spiro atoms. The monoisotopic (exact) mass is 319 g/mol. The smallest absolute Gasteiger partial charge is 0.247 e. The van der Waals surface area contributed by atoms with Gasteiger partial charge in [0.15, 0.2) is 0 Å². The van der Waals surface area contributed by atoms with Crippen LogP contribution < -0.4 is 5.32 Å². The fourth-order valence-corrected chi connectivity index (χ4v) is 3.41. The number of rotatable bonds is 6. The number of ether oxygens (including phenoxy) is 1. The van der Waals surface area contributed by atoms with Gasteiger partial charge >= 0.3 is 0 Å². The lowest BCUT2D eigenvalue weighted by atomic mass is 10.1. The molecule has 22 heavy (non-hydrogen) atoms. The maximum atomic E-state index is 12.2. The number of hydrogen-bond acceptors (Lipinski definition) is 3. The van der Waals surface area contributed by atoms with Gasteiger partial charge in [0, 0.05) is 28.7 Å². The van der Waals surface area contributed by atoms with Crippen molar-refractivity contribution in [3.63, 3.8) is 0 Å². The van der Waals surface area contributed by atoms with E-state index in [1.165, 1.54) is 16.0 Å². The van der Waals surface area contributed by atoms with Crippen molar-refractivity contribution in [3.05, 3.63) is 41.0 Å². The quantitative estimate of drug-likeness (QED) is 0.814. The molecule has 1 heterocycles. The Morgan fingerprint density at radius 1 is 1.36 bits per heavy atom. The summed E-state index contributed by atoms with van der Waals surface area (Å²) in [5.74, 6) is 0.963. The molecule has 0 unspecified atom stereocenters. The van der Waals surface area contributed by atoms with Crippen LogP contribution in [0.15, 0.2) is 34.7 Å². The molecular weight excluding hydrogens is 294 g/mol. The summed E-state index contributed by atoms with van der Waals surface area (Å²) < 4.78 is 5.25. The predicted octanol–water partition coefficient (Wildman–Crippen LogP) is 3.64. The molecule has 120 valence electrons. The number of thioether (sulfide) groups is 1. The van der Waals surface area contributed by atoms with E-state index in [9.17, 15) is 4.79 Å². The molecule has 4 heteroatoms. The largest absolute Gasteiger partial charge is 0.377 e. The number of benzene rings is 1. The first-order valence-electron chi connectivity index (χ1n) is 7.88. The molecule has 1 aromatic rings. The van der Waals surface area contributed by atoms with Crippen molar-refractivity contribution in [2.24, 2.45) is 0 Å². The van der Waals surface area contributed by atoms with Crippen molar-refractivity contribution in [1.29, 1.82) is 0 Å². The van der Waals surface area contributed by atoms with Crippen molar-refractivity contribution in [1.82, 2.24) is 5.32 Å². The molecule has 3 nitrogen and oxygen atoms in total. The van der Waals surface area contributed by atoms with E-state index in [0.29, 0.717) is 19.6 Å². The van der Waals surface area contributed by atoms with Gasteiger partial charge in [-0.3, -0.25) is 4.79 Å². The summed E-state index contributed by atoms with van der Waals surface area (Å²) >= 11 is 1.81. The van der Waals surface area contributed by atoms with Crippen LogP contribution in [0.5, 0.6) is 0 Å². The first kappa shape index (κ1) is 17.1. The number of amides is 1. The number of hydrogen-bond donors (Lipinski definition) is 1. The van der Waals surface area contributed by atoms with Crippen LogP contribution in [0.1, 0.15) is 30.9 Å². The third-order valence-corrected chi connectivity index (χ3v) is 5.17. The molecule has 0 radical (unpaired) electrons. The first-order chi connectivity index (χ1) is 10.6. The molecular formula is C18H25NO2S. The van der Waals surface area contributed by atoms with Crippen molar-refractivity contribution in [2.75, 3.05) is 19.0 Å². The summed E-state index contributed by atoms with van der Waals surface area (Å²) in [6.07, 6.45) is 3.54. The van der Waals surface area contributed by atoms with Crippen molar-refractivity contribution in [2.45, 2.75) is 44.6 Å². The lowest BCUT2D eigenvalue weighted by molar-refractivity contribution is -0.118. The van der Waals surface area contributed by atoms with Gasteiger partial charge in [-0.2, -0.15) is 0 Å². The van der Waals surface area contributed by atoms with Gasteiger partial charge < -0.3 is 10.1 Å². The molecule has 1 aliphatic rings. The average molecular weight is 319 g/mol. The number of aryl methyl sites for hydroxylation is 2. The molecule has 0 saturated heterocycles. The highest BCUT2D eigenvalue weighted by atomic mass is 32.2.